The van der Waals surface area contributed by atoms with Crippen molar-refractivity contribution < 1.29 is 9.53 Å². The van der Waals surface area contributed by atoms with E-state index in [9.17, 15) is 10.1 Å². The fourth-order valence-electron chi connectivity index (χ4n) is 5.03. The molecule has 1 aliphatic carbocycles. The molecule has 5 rings (SSSR count). The molecule has 35 heavy (non-hydrogen) atoms. The maximum Gasteiger partial charge on any atom is 0.205 e. The zero-order valence-electron chi connectivity index (χ0n) is 20.2. The number of ether oxygens (including phenoxy) is 1. The molecule has 0 radical (unpaired) electrons. The first kappa shape index (κ1) is 22.7. The van der Waals surface area contributed by atoms with E-state index in [1.807, 2.05) is 62.5 Å². The van der Waals surface area contributed by atoms with Crippen molar-refractivity contribution in [1.29, 1.82) is 5.26 Å². The first-order valence-electron chi connectivity index (χ1n) is 11.9. The van der Waals surface area contributed by atoms with E-state index in [2.05, 4.69) is 25.1 Å². The van der Waals surface area contributed by atoms with Crippen LogP contribution in [0.2, 0.25) is 0 Å². The second-order valence-corrected chi connectivity index (χ2v) is 9.97. The Kier molecular flexibility index (Phi) is 5.56. The van der Waals surface area contributed by atoms with Crippen LogP contribution in [0.5, 0.6) is 0 Å². The van der Waals surface area contributed by atoms with Crippen LogP contribution in [0, 0.1) is 16.7 Å². The lowest BCUT2D eigenvalue weighted by Gasteiger charge is -2.37. The molecule has 0 spiro atoms. The summed E-state index contributed by atoms with van der Waals surface area (Å²) in [5.41, 5.74) is 11.3. The van der Waals surface area contributed by atoms with Crippen molar-refractivity contribution in [3.8, 4) is 23.0 Å². The molecule has 1 aromatic heterocycles. The zero-order chi connectivity index (χ0) is 24.7. The number of para-hydroxylation sites is 1. The highest BCUT2D eigenvalue weighted by Crippen LogP contribution is 2.49. The number of benzene rings is 2. The quantitative estimate of drug-likeness (QED) is 0.546. The molecule has 0 amide bonds. The molecule has 0 saturated carbocycles. The minimum Gasteiger partial charge on any atom is -0.444 e. The average Bonchev–Trinajstić information content (AvgIpc) is 3.28. The van der Waals surface area contributed by atoms with E-state index in [4.69, 9.17) is 15.6 Å². The maximum atomic E-state index is 13.5. The number of nitrogens with two attached hydrogens (primary N) is 1. The van der Waals surface area contributed by atoms with Crippen molar-refractivity contribution in [3.63, 3.8) is 0 Å². The monoisotopic (exact) mass is 464 g/mol. The number of allylic oxidation sites excluding steroid dienone is 3. The highest BCUT2D eigenvalue weighted by molar-refractivity contribution is 6.00. The Labute approximate surface area is 205 Å². The topological polar surface area (TPSA) is 93.9 Å². The van der Waals surface area contributed by atoms with Crippen molar-refractivity contribution in [2.45, 2.75) is 46.0 Å². The van der Waals surface area contributed by atoms with Gasteiger partial charge in [-0.2, -0.15) is 10.4 Å². The van der Waals surface area contributed by atoms with Gasteiger partial charge in [0, 0.05) is 35.7 Å². The van der Waals surface area contributed by atoms with Crippen LogP contribution < -0.4 is 5.73 Å². The smallest absolute Gasteiger partial charge is 0.205 e. The van der Waals surface area contributed by atoms with Gasteiger partial charge < -0.3 is 10.5 Å². The summed E-state index contributed by atoms with van der Waals surface area (Å²) in [6.07, 6.45) is 3.82. The van der Waals surface area contributed by atoms with Gasteiger partial charge in [0.15, 0.2) is 5.78 Å². The van der Waals surface area contributed by atoms with Crippen LogP contribution in [0.25, 0.3) is 16.9 Å². The van der Waals surface area contributed by atoms with E-state index < -0.39 is 5.92 Å². The minimum absolute atomic E-state index is 0.0127. The van der Waals surface area contributed by atoms with Crippen LogP contribution in [0.4, 0.5) is 0 Å². The Morgan fingerprint density at radius 3 is 2.51 bits per heavy atom. The second kappa shape index (κ2) is 8.59. The molecule has 0 fully saturated rings. The molecule has 0 unspecified atom stereocenters. The molecule has 0 saturated heterocycles. The summed E-state index contributed by atoms with van der Waals surface area (Å²) >= 11 is 0. The van der Waals surface area contributed by atoms with E-state index in [0.29, 0.717) is 29.9 Å². The fourth-order valence-corrected chi connectivity index (χ4v) is 5.03. The van der Waals surface area contributed by atoms with Gasteiger partial charge in [0.25, 0.3) is 0 Å². The van der Waals surface area contributed by atoms with Gasteiger partial charge in [0.05, 0.1) is 17.3 Å². The normalized spacial score (nSPS) is 19.3. The van der Waals surface area contributed by atoms with Crippen molar-refractivity contribution in [3.05, 3.63) is 94.7 Å². The maximum absolute atomic E-state index is 13.5. The van der Waals surface area contributed by atoms with Crippen LogP contribution in [0.1, 0.15) is 50.7 Å². The van der Waals surface area contributed by atoms with Crippen LogP contribution in [-0.2, 0) is 16.0 Å². The standard InChI is InChI=1S/C29H28N4O2/c1-4-18-10-12-19(13-11-18)27-22(17-33(32-27)20-8-6-5-7-9-20)25-21(16-30)28(31)35-24-15-29(2,3)14-23(34)26(24)25/h5-13,17,25H,4,14-15,31H2,1-3H3/t25-/m0/s1. The molecule has 3 aromatic rings. The van der Waals surface area contributed by atoms with Crippen molar-refractivity contribution in [2.24, 2.45) is 11.1 Å². The number of rotatable bonds is 4. The van der Waals surface area contributed by atoms with Gasteiger partial charge in [-0.15, -0.1) is 0 Å². The Morgan fingerprint density at radius 1 is 1.14 bits per heavy atom. The number of carbonyl (C=O) groups excluding carboxylic acids is 1. The van der Waals surface area contributed by atoms with E-state index in [1.165, 1.54) is 5.56 Å². The second-order valence-electron chi connectivity index (χ2n) is 9.97. The molecular formula is C29H28N4O2. The molecule has 2 N–H and O–H groups in total. The largest absolute Gasteiger partial charge is 0.444 e. The molecule has 2 aromatic carbocycles. The average molecular weight is 465 g/mol. The highest BCUT2D eigenvalue weighted by atomic mass is 16.5. The van der Waals surface area contributed by atoms with Crippen molar-refractivity contribution in [1.82, 2.24) is 9.78 Å². The lowest BCUT2D eigenvalue weighted by Crippen LogP contribution is -2.33. The van der Waals surface area contributed by atoms with Gasteiger partial charge in [-0.25, -0.2) is 4.68 Å². The predicted molar refractivity (Wildman–Crippen MR) is 134 cm³/mol. The summed E-state index contributed by atoms with van der Waals surface area (Å²) in [4.78, 5) is 13.5. The summed E-state index contributed by atoms with van der Waals surface area (Å²) in [5, 5.41) is 15.0. The lowest BCUT2D eigenvalue weighted by molar-refractivity contribution is -0.119. The molecule has 2 aliphatic rings. The molecule has 176 valence electrons. The Hall–Kier alpha value is -4.11. The fraction of sp³-hybridized carbons (Fsp3) is 0.276. The van der Waals surface area contributed by atoms with Gasteiger partial charge in [0.1, 0.15) is 17.4 Å². The third-order valence-electron chi connectivity index (χ3n) is 6.79. The van der Waals surface area contributed by atoms with Gasteiger partial charge in [-0.1, -0.05) is 63.2 Å². The summed E-state index contributed by atoms with van der Waals surface area (Å²) in [5.74, 6) is -0.0270. The molecule has 1 aliphatic heterocycles. The number of aryl methyl sites for hydroxylation is 1. The Balaban J connectivity index is 1.75. The molecule has 2 heterocycles. The number of hydrogen-bond acceptors (Lipinski definition) is 5. The first-order valence-corrected chi connectivity index (χ1v) is 11.9. The van der Waals surface area contributed by atoms with Crippen LogP contribution >= 0.6 is 0 Å². The Bertz CT molecular complexity index is 1400. The third-order valence-corrected chi connectivity index (χ3v) is 6.79. The van der Waals surface area contributed by atoms with E-state index in [-0.39, 0.29) is 22.7 Å². The number of aromatic nitrogens is 2. The van der Waals surface area contributed by atoms with E-state index >= 15 is 0 Å². The number of ketones is 1. The van der Waals surface area contributed by atoms with Crippen LogP contribution in [0.3, 0.4) is 0 Å². The van der Waals surface area contributed by atoms with E-state index in [1.54, 1.807) is 4.68 Å². The van der Waals surface area contributed by atoms with Crippen LogP contribution in [0.15, 0.2) is 83.6 Å². The summed E-state index contributed by atoms with van der Waals surface area (Å²) < 4.78 is 7.69. The third kappa shape index (κ3) is 4.04. The number of Topliss-reactive ketones (excluding diaryl/α,β-unsaturated/α-hetero) is 1. The zero-order valence-corrected chi connectivity index (χ0v) is 20.2. The van der Waals surface area contributed by atoms with Gasteiger partial charge in [-0.3, -0.25) is 4.79 Å². The van der Waals surface area contributed by atoms with Gasteiger partial charge in [0.2, 0.25) is 5.88 Å². The Morgan fingerprint density at radius 2 is 1.86 bits per heavy atom. The summed E-state index contributed by atoms with van der Waals surface area (Å²) in [7, 11) is 0. The van der Waals surface area contributed by atoms with Crippen molar-refractivity contribution >= 4 is 5.78 Å². The SMILES string of the molecule is CCc1ccc(-c2nn(-c3ccccc3)cc2[C@@H]2C(C#N)=C(N)OC3=C2C(=O)CC(C)(C)C3)cc1. The molecule has 6 heteroatoms. The van der Waals surface area contributed by atoms with Crippen molar-refractivity contribution in [2.75, 3.05) is 0 Å². The first-order chi connectivity index (χ1) is 16.8. The molecule has 0 bridgehead atoms. The number of nitriles is 1. The molecule has 6 nitrogen and oxygen atoms in total. The number of nitrogens with zero attached hydrogens (tertiary/aromatic N) is 3. The predicted octanol–water partition coefficient (Wildman–Crippen LogP) is 5.55. The summed E-state index contributed by atoms with van der Waals surface area (Å²) in [6.45, 7) is 6.20. The van der Waals surface area contributed by atoms with Crippen LogP contribution in [-0.4, -0.2) is 15.6 Å². The van der Waals surface area contributed by atoms with E-state index in [0.717, 1.165) is 23.2 Å². The summed E-state index contributed by atoms with van der Waals surface area (Å²) in [6, 6.07) is 20.3. The highest BCUT2D eigenvalue weighted by Gasteiger charge is 2.44. The van der Waals surface area contributed by atoms with Gasteiger partial charge in [-0.05, 0) is 29.5 Å². The van der Waals surface area contributed by atoms with Gasteiger partial charge >= 0.3 is 0 Å². The lowest BCUT2D eigenvalue weighted by atomic mass is 9.70. The number of carbonyl (C=O) groups is 1. The number of hydrogen-bond donors (Lipinski definition) is 1. The minimum atomic E-state index is -0.634. The molecule has 1 atom stereocenters. The molecular weight excluding hydrogens is 436 g/mol.